The molecule has 2 aromatic rings. The summed E-state index contributed by atoms with van der Waals surface area (Å²) in [7, 11) is 1.50. The fourth-order valence-electron chi connectivity index (χ4n) is 3.65. The fraction of sp³-hybridized carbons (Fsp3) is 0.316. The lowest BCUT2D eigenvalue weighted by Crippen LogP contribution is -2.58. The Morgan fingerprint density at radius 1 is 1.28 bits per heavy atom. The van der Waals surface area contributed by atoms with Crippen LogP contribution in [-0.2, 0) is 15.1 Å². The highest BCUT2D eigenvalue weighted by Crippen LogP contribution is 2.44. The van der Waals surface area contributed by atoms with Gasteiger partial charge in [-0.15, -0.1) is 0 Å². The SMILES string of the molecule is CN1C(=O)C2CCOCC2(c2cc(Oc3ncc(F)cc3F)ccc2F)N=C1N. The van der Waals surface area contributed by atoms with Crippen molar-refractivity contribution in [2.45, 2.75) is 12.0 Å². The van der Waals surface area contributed by atoms with Crippen LogP contribution in [0.5, 0.6) is 11.6 Å². The Bertz CT molecular complexity index is 1020. The molecule has 4 rings (SSSR count). The number of hydrogen-bond donors (Lipinski definition) is 1. The van der Waals surface area contributed by atoms with Crippen molar-refractivity contribution in [1.29, 1.82) is 0 Å². The number of rotatable bonds is 3. The zero-order valence-corrected chi connectivity index (χ0v) is 15.4. The summed E-state index contributed by atoms with van der Waals surface area (Å²) in [5, 5.41) is 0. The summed E-state index contributed by atoms with van der Waals surface area (Å²) in [4.78, 5) is 22.0. The number of carbonyl (C=O) groups is 1. The molecule has 1 fully saturated rings. The van der Waals surface area contributed by atoms with Gasteiger partial charge in [0.15, 0.2) is 11.8 Å². The van der Waals surface area contributed by atoms with Crippen LogP contribution in [0.15, 0.2) is 35.5 Å². The molecule has 2 unspecified atom stereocenters. The van der Waals surface area contributed by atoms with E-state index in [4.69, 9.17) is 15.2 Å². The van der Waals surface area contributed by atoms with Gasteiger partial charge in [0, 0.05) is 25.3 Å². The van der Waals surface area contributed by atoms with E-state index in [0.717, 1.165) is 12.3 Å². The Morgan fingerprint density at radius 2 is 2.07 bits per heavy atom. The minimum atomic E-state index is -1.37. The minimum Gasteiger partial charge on any atom is -0.436 e. The van der Waals surface area contributed by atoms with Crippen molar-refractivity contribution in [1.82, 2.24) is 9.88 Å². The normalized spacial score (nSPS) is 24.1. The van der Waals surface area contributed by atoms with Crippen LogP contribution >= 0.6 is 0 Å². The molecule has 1 saturated heterocycles. The summed E-state index contributed by atoms with van der Waals surface area (Å²) in [5.74, 6) is -3.98. The van der Waals surface area contributed by atoms with Crippen LogP contribution in [0.3, 0.4) is 0 Å². The Labute approximate surface area is 163 Å². The van der Waals surface area contributed by atoms with E-state index >= 15 is 0 Å². The molecule has 0 saturated carbocycles. The van der Waals surface area contributed by atoms with Gasteiger partial charge < -0.3 is 15.2 Å². The van der Waals surface area contributed by atoms with E-state index in [2.05, 4.69) is 9.98 Å². The van der Waals surface area contributed by atoms with Gasteiger partial charge in [-0.1, -0.05) is 0 Å². The number of benzene rings is 1. The van der Waals surface area contributed by atoms with E-state index in [1.165, 1.54) is 24.1 Å². The van der Waals surface area contributed by atoms with Gasteiger partial charge in [0.2, 0.25) is 5.91 Å². The first-order valence-corrected chi connectivity index (χ1v) is 8.81. The maximum atomic E-state index is 14.9. The van der Waals surface area contributed by atoms with Gasteiger partial charge in [-0.2, -0.15) is 0 Å². The second-order valence-electron chi connectivity index (χ2n) is 6.87. The van der Waals surface area contributed by atoms with Crippen LogP contribution in [0, 0.1) is 23.4 Å². The van der Waals surface area contributed by atoms with Crippen LogP contribution in [0.25, 0.3) is 0 Å². The average molecular weight is 406 g/mol. The van der Waals surface area contributed by atoms with Crippen LogP contribution in [-0.4, -0.2) is 42.0 Å². The number of carbonyl (C=O) groups excluding carboxylic acids is 1. The van der Waals surface area contributed by atoms with Gasteiger partial charge in [0.25, 0.3) is 5.88 Å². The van der Waals surface area contributed by atoms with E-state index in [-0.39, 0.29) is 29.8 Å². The van der Waals surface area contributed by atoms with Crippen LogP contribution in [0.4, 0.5) is 13.2 Å². The molecule has 2 aliphatic rings. The van der Waals surface area contributed by atoms with E-state index in [9.17, 15) is 18.0 Å². The van der Waals surface area contributed by atoms with Crippen molar-refractivity contribution in [3.63, 3.8) is 0 Å². The van der Waals surface area contributed by atoms with Crippen molar-refractivity contribution in [3.8, 4) is 11.6 Å². The molecular weight excluding hydrogens is 389 g/mol. The smallest absolute Gasteiger partial charge is 0.256 e. The lowest BCUT2D eigenvalue weighted by Gasteiger charge is -2.45. The number of amides is 1. The van der Waals surface area contributed by atoms with Gasteiger partial charge >= 0.3 is 0 Å². The van der Waals surface area contributed by atoms with Gasteiger partial charge in [0.05, 0.1) is 18.7 Å². The molecule has 152 valence electrons. The number of fused-ring (bicyclic) bond motifs is 1. The third kappa shape index (κ3) is 3.19. The number of halogens is 3. The summed E-state index contributed by atoms with van der Waals surface area (Å²) >= 11 is 0. The van der Waals surface area contributed by atoms with Crippen molar-refractivity contribution in [3.05, 3.63) is 53.5 Å². The molecule has 0 spiro atoms. The van der Waals surface area contributed by atoms with Crippen molar-refractivity contribution in [2.75, 3.05) is 20.3 Å². The molecule has 0 bridgehead atoms. The molecule has 7 nitrogen and oxygen atoms in total. The van der Waals surface area contributed by atoms with Crippen LogP contribution < -0.4 is 10.5 Å². The molecule has 29 heavy (non-hydrogen) atoms. The van der Waals surface area contributed by atoms with Gasteiger partial charge in [-0.25, -0.2) is 23.1 Å². The minimum absolute atomic E-state index is 0.0339. The Kier molecular flexibility index (Phi) is 4.65. The third-order valence-corrected chi connectivity index (χ3v) is 5.13. The summed E-state index contributed by atoms with van der Waals surface area (Å²) < 4.78 is 52.7. The van der Waals surface area contributed by atoms with E-state index in [1.54, 1.807) is 0 Å². The topological polar surface area (TPSA) is 90.0 Å². The van der Waals surface area contributed by atoms with E-state index in [0.29, 0.717) is 19.1 Å². The number of nitrogens with two attached hydrogens (primary N) is 1. The zero-order valence-electron chi connectivity index (χ0n) is 15.4. The maximum absolute atomic E-state index is 14.9. The fourth-order valence-corrected chi connectivity index (χ4v) is 3.65. The number of guanidine groups is 1. The van der Waals surface area contributed by atoms with Crippen molar-refractivity contribution < 1.29 is 27.4 Å². The predicted molar refractivity (Wildman–Crippen MR) is 95.6 cm³/mol. The summed E-state index contributed by atoms with van der Waals surface area (Å²) in [5.41, 5.74) is 4.56. The quantitative estimate of drug-likeness (QED) is 0.845. The summed E-state index contributed by atoms with van der Waals surface area (Å²) in [6.07, 6.45) is 1.13. The lowest BCUT2D eigenvalue weighted by atomic mass is 9.74. The molecule has 0 aliphatic carbocycles. The molecule has 2 N–H and O–H groups in total. The lowest BCUT2D eigenvalue weighted by molar-refractivity contribution is -0.140. The van der Waals surface area contributed by atoms with Crippen LogP contribution in [0.1, 0.15) is 12.0 Å². The highest BCUT2D eigenvalue weighted by molar-refractivity contribution is 6.00. The Morgan fingerprint density at radius 3 is 2.83 bits per heavy atom. The summed E-state index contributed by atoms with van der Waals surface area (Å²) in [6.45, 7) is 0.269. The second kappa shape index (κ2) is 7.03. The van der Waals surface area contributed by atoms with E-state index < -0.39 is 34.8 Å². The monoisotopic (exact) mass is 406 g/mol. The molecule has 3 heterocycles. The largest absolute Gasteiger partial charge is 0.436 e. The first-order chi connectivity index (χ1) is 13.8. The first-order valence-electron chi connectivity index (χ1n) is 8.81. The summed E-state index contributed by atoms with van der Waals surface area (Å²) in [6, 6.07) is 4.30. The predicted octanol–water partition coefficient (Wildman–Crippen LogP) is 2.31. The average Bonchev–Trinajstić information content (AvgIpc) is 2.69. The van der Waals surface area contributed by atoms with Crippen molar-refractivity contribution >= 4 is 11.9 Å². The molecule has 1 amide bonds. The second-order valence-corrected chi connectivity index (χ2v) is 6.87. The molecule has 2 atom stereocenters. The van der Waals surface area contributed by atoms with Gasteiger partial charge in [-0.3, -0.25) is 9.69 Å². The van der Waals surface area contributed by atoms with E-state index in [1.807, 2.05) is 0 Å². The van der Waals surface area contributed by atoms with Crippen LogP contribution in [0.2, 0.25) is 0 Å². The zero-order chi connectivity index (χ0) is 20.8. The Hall–Kier alpha value is -3.14. The number of ether oxygens (including phenoxy) is 2. The molecule has 1 aromatic carbocycles. The third-order valence-electron chi connectivity index (χ3n) is 5.13. The number of hydrogen-bond acceptors (Lipinski definition) is 6. The maximum Gasteiger partial charge on any atom is 0.256 e. The number of pyridine rings is 1. The highest BCUT2D eigenvalue weighted by Gasteiger charge is 2.52. The molecule has 1 aromatic heterocycles. The number of nitrogens with zero attached hydrogens (tertiary/aromatic N) is 3. The van der Waals surface area contributed by atoms with Gasteiger partial charge in [0.1, 0.15) is 22.9 Å². The molecular formula is C19H17F3N4O3. The van der Waals surface area contributed by atoms with Crippen molar-refractivity contribution in [2.24, 2.45) is 16.6 Å². The standard InChI is InChI=1S/C19H17F3N4O3/c1-26-17(27)12-4-5-28-9-19(12,25-18(26)23)13-7-11(2-3-14(13)21)29-16-15(22)6-10(20)8-24-16/h2-3,6-8,12H,4-5,9H2,1H3,(H2,23,25). The highest BCUT2D eigenvalue weighted by atomic mass is 19.1. The first kappa shape index (κ1) is 19.2. The Balaban J connectivity index is 1.79. The molecule has 10 heteroatoms. The number of aliphatic imine (C=N–C) groups is 1. The molecule has 2 aliphatic heterocycles. The number of aromatic nitrogens is 1. The van der Waals surface area contributed by atoms with Gasteiger partial charge in [-0.05, 0) is 24.6 Å². The molecule has 0 radical (unpaired) electrons.